The summed E-state index contributed by atoms with van der Waals surface area (Å²) in [7, 11) is 0. The Morgan fingerprint density at radius 3 is 2.68 bits per heavy atom. The molecule has 2 heterocycles. The molecule has 0 aliphatic carbocycles. The van der Waals surface area contributed by atoms with Crippen LogP contribution < -0.4 is 5.32 Å². The highest BCUT2D eigenvalue weighted by atomic mass is 32.2. The van der Waals surface area contributed by atoms with Crippen LogP contribution in [0.25, 0.3) is 11.4 Å². The van der Waals surface area contributed by atoms with Gasteiger partial charge < -0.3 is 9.88 Å². The van der Waals surface area contributed by atoms with Crippen molar-refractivity contribution in [1.29, 1.82) is 0 Å². The smallest absolute Gasteiger partial charge is 0.233 e. The Kier molecular flexibility index (Phi) is 5.94. The SMILES string of the molecule is CCCNC(=O)C(C)Sc1nnc(-c2ccncc2)n1CC. The number of carbonyl (C=O) groups is 1. The third-order valence-corrected chi connectivity index (χ3v) is 4.25. The van der Waals surface area contributed by atoms with Crippen LogP contribution in [0.5, 0.6) is 0 Å². The van der Waals surface area contributed by atoms with Crippen LogP contribution in [0.15, 0.2) is 29.7 Å². The zero-order chi connectivity index (χ0) is 15.9. The van der Waals surface area contributed by atoms with Gasteiger partial charge in [-0.2, -0.15) is 0 Å². The second kappa shape index (κ2) is 7.93. The fraction of sp³-hybridized carbons (Fsp3) is 0.467. The Labute approximate surface area is 134 Å². The minimum Gasteiger partial charge on any atom is -0.355 e. The summed E-state index contributed by atoms with van der Waals surface area (Å²) in [4.78, 5) is 16.0. The lowest BCUT2D eigenvalue weighted by atomic mass is 10.2. The quantitative estimate of drug-likeness (QED) is 0.793. The Balaban J connectivity index is 2.16. The number of carbonyl (C=O) groups excluding carboxylic acids is 1. The van der Waals surface area contributed by atoms with Gasteiger partial charge in [0.15, 0.2) is 11.0 Å². The minimum atomic E-state index is -0.202. The molecule has 0 saturated carbocycles. The van der Waals surface area contributed by atoms with Gasteiger partial charge in [0.2, 0.25) is 5.91 Å². The molecular weight excluding hydrogens is 298 g/mol. The molecule has 1 N–H and O–H groups in total. The van der Waals surface area contributed by atoms with Crippen LogP contribution in [0.1, 0.15) is 27.2 Å². The third-order valence-electron chi connectivity index (χ3n) is 3.17. The number of rotatable bonds is 7. The first kappa shape index (κ1) is 16.5. The molecule has 6 nitrogen and oxygen atoms in total. The van der Waals surface area contributed by atoms with E-state index in [1.807, 2.05) is 37.5 Å². The summed E-state index contributed by atoms with van der Waals surface area (Å²) in [6.07, 6.45) is 4.40. The lowest BCUT2D eigenvalue weighted by Gasteiger charge is -2.12. The standard InChI is InChI=1S/C15H21N5OS/c1-4-8-17-14(21)11(3)22-15-19-18-13(20(15)5-2)12-6-9-16-10-7-12/h6-7,9-11H,4-5,8H2,1-3H3,(H,17,21). The molecular formula is C15H21N5OS. The van der Waals surface area contributed by atoms with E-state index in [4.69, 9.17) is 0 Å². The van der Waals surface area contributed by atoms with Crippen molar-refractivity contribution < 1.29 is 4.79 Å². The summed E-state index contributed by atoms with van der Waals surface area (Å²) in [5.74, 6) is 0.830. The molecule has 22 heavy (non-hydrogen) atoms. The second-order valence-electron chi connectivity index (χ2n) is 4.84. The number of amides is 1. The van der Waals surface area contributed by atoms with E-state index in [-0.39, 0.29) is 11.2 Å². The van der Waals surface area contributed by atoms with Gasteiger partial charge in [-0.25, -0.2) is 0 Å². The van der Waals surface area contributed by atoms with Crippen LogP contribution in [-0.2, 0) is 11.3 Å². The molecule has 1 unspecified atom stereocenters. The van der Waals surface area contributed by atoms with Gasteiger partial charge in [0.05, 0.1) is 5.25 Å². The van der Waals surface area contributed by atoms with E-state index in [0.29, 0.717) is 6.54 Å². The molecule has 0 aliphatic rings. The molecule has 1 amide bonds. The molecule has 0 radical (unpaired) electrons. The van der Waals surface area contributed by atoms with Gasteiger partial charge in [-0.05, 0) is 32.4 Å². The average Bonchev–Trinajstić information content (AvgIpc) is 2.95. The molecule has 0 aromatic carbocycles. The summed E-state index contributed by atoms with van der Waals surface area (Å²) in [5.41, 5.74) is 0.972. The van der Waals surface area contributed by atoms with Crippen LogP contribution >= 0.6 is 11.8 Å². The summed E-state index contributed by atoms with van der Waals surface area (Å²) in [6, 6.07) is 3.81. The van der Waals surface area contributed by atoms with Crippen molar-refractivity contribution in [3.63, 3.8) is 0 Å². The van der Waals surface area contributed by atoms with Gasteiger partial charge in [0, 0.05) is 31.0 Å². The first-order valence-corrected chi connectivity index (χ1v) is 8.33. The Hall–Kier alpha value is -1.89. The number of thioether (sulfide) groups is 1. The van der Waals surface area contributed by atoms with Crippen LogP contribution in [-0.4, -0.2) is 37.5 Å². The third kappa shape index (κ3) is 3.85. The second-order valence-corrected chi connectivity index (χ2v) is 6.15. The average molecular weight is 319 g/mol. The van der Waals surface area contributed by atoms with E-state index in [2.05, 4.69) is 20.5 Å². The predicted molar refractivity (Wildman–Crippen MR) is 87.5 cm³/mol. The van der Waals surface area contributed by atoms with Gasteiger partial charge in [-0.3, -0.25) is 9.78 Å². The largest absolute Gasteiger partial charge is 0.355 e. The highest BCUT2D eigenvalue weighted by molar-refractivity contribution is 8.00. The molecule has 2 aromatic heterocycles. The van der Waals surface area contributed by atoms with Crippen molar-refractivity contribution in [2.45, 2.75) is 44.1 Å². The number of nitrogens with zero attached hydrogens (tertiary/aromatic N) is 4. The van der Waals surface area contributed by atoms with E-state index >= 15 is 0 Å². The highest BCUT2D eigenvalue weighted by Gasteiger charge is 2.19. The first-order chi connectivity index (χ1) is 10.7. The van der Waals surface area contributed by atoms with Crippen molar-refractivity contribution >= 4 is 17.7 Å². The zero-order valence-corrected chi connectivity index (χ0v) is 13.9. The van der Waals surface area contributed by atoms with Crippen LogP contribution in [0.2, 0.25) is 0 Å². The first-order valence-electron chi connectivity index (χ1n) is 7.45. The molecule has 0 aliphatic heterocycles. The molecule has 0 saturated heterocycles. The topological polar surface area (TPSA) is 72.7 Å². The maximum absolute atomic E-state index is 12.0. The number of hydrogen-bond acceptors (Lipinski definition) is 5. The van der Waals surface area contributed by atoms with E-state index in [9.17, 15) is 4.79 Å². The van der Waals surface area contributed by atoms with Crippen LogP contribution in [0, 0.1) is 0 Å². The Bertz CT molecular complexity index is 614. The zero-order valence-electron chi connectivity index (χ0n) is 13.1. The van der Waals surface area contributed by atoms with Crippen LogP contribution in [0.3, 0.4) is 0 Å². The van der Waals surface area contributed by atoms with Gasteiger partial charge in [-0.15, -0.1) is 10.2 Å². The molecule has 0 bridgehead atoms. The maximum Gasteiger partial charge on any atom is 0.233 e. The minimum absolute atomic E-state index is 0.0305. The van der Waals surface area contributed by atoms with Crippen LogP contribution in [0.4, 0.5) is 0 Å². The predicted octanol–water partition coefficient (Wildman–Crippen LogP) is 2.37. The lowest BCUT2D eigenvalue weighted by molar-refractivity contribution is -0.120. The van der Waals surface area contributed by atoms with Gasteiger partial charge in [0.1, 0.15) is 0 Å². The Morgan fingerprint density at radius 1 is 1.32 bits per heavy atom. The van der Waals surface area contributed by atoms with Crippen molar-refractivity contribution in [3.05, 3.63) is 24.5 Å². The summed E-state index contributed by atoms with van der Waals surface area (Å²) in [5, 5.41) is 12.0. The van der Waals surface area contributed by atoms with E-state index in [1.54, 1.807) is 12.4 Å². The van der Waals surface area contributed by atoms with E-state index in [1.165, 1.54) is 11.8 Å². The van der Waals surface area contributed by atoms with E-state index < -0.39 is 0 Å². The molecule has 2 rings (SSSR count). The van der Waals surface area contributed by atoms with Gasteiger partial charge >= 0.3 is 0 Å². The van der Waals surface area contributed by atoms with Gasteiger partial charge in [0.25, 0.3) is 0 Å². The molecule has 2 aromatic rings. The monoisotopic (exact) mass is 319 g/mol. The van der Waals surface area contributed by atoms with Crippen molar-refractivity contribution in [1.82, 2.24) is 25.1 Å². The van der Waals surface area contributed by atoms with Crippen molar-refractivity contribution in [2.75, 3.05) is 6.54 Å². The van der Waals surface area contributed by atoms with Crippen molar-refractivity contribution in [2.24, 2.45) is 0 Å². The maximum atomic E-state index is 12.0. The number of pyridine rings is 1. The van der Waals surface area contributed by atoms with E-state index in [0.717, 1.165) is 29.5 Å². The highest BCUT2D eigenvalue weighted by Crippen LogP contribution is 2.26. The van der Waals surface area contributed by atoms with Crippen molar-refractivity contribution in [3.8, 4) is 11.4 Å². The molecule has 1 atom stereocenters. The molecule has 0 spiro atoms. The number of hydrogen-bond donors (Lipinski definition) is 1. The van der Waals surface area contributed by atoms with Gasteiger partial charge in [-0.1, -0.05) is 18.7 Å². The fourth-order valence-electron chi connectivity index (χ4n) is 1.98. The number of nitrogens with one attached hydrogen (secondary N) is 1. The Morgan fingerprint density at radius 2 is 2.05 bits per heavy atom. The summed E-state index contributed by atoms with van der Waals surface area (Å²) in [6.45, 7) is 7.41. The number of aromatic nitrogens is 4. The summed E-state index contributed by atoms with van der Waals surface area (Å²) >= 11 is 1.43. The lowest BCUT2D eigenvalue weighted by Crippen LogP contribution is -2.31. The normalized spacial score (nSPS) is 12.1. The fourth-order valence-corrected chi connectivity index (χ4v) is 2.92. The molecule has 7 heteroatoms. The summed E-state index contributed by atoms with van der Waals surface area (Å²) < 4.78 is 2.02. The molecule has 0 fully saturated rings. The molecule has 118 valence electrons.